The van der Waals surface area contributed by atoms with Gasteiger partial charge in [0.05, 0.1) is 17.8 Å². The molecule has 0 spiro atoms. The van der Waals surface area contributed by atoms with E-state index in [4.69, 9.17) is 0 Å². The van der Waals surface area contributed by atoms with Crippen molar-refractivity contribution < 1.29 is 18.8 Å². The van der Waals surface area contributed by atoms with Gasteiger partial charge in [0.15, 0.2) is 6.29 Å². The molecule has 3 aromatic rings. The predicted molar refractivity (Wildman–Crippen MR) is 126 cm³/mol. The third-order valence-corrected chi connectivity index (χ3v) is 5.62. The van der Waals surface area contributed by atoms with Crippen molar-refractivity contribution in [3.63, 3.8) is 0 Å². The first-order valence-corrected chi connectivity index (χ1v) is 10.2. The van der Waals surface area contributed by atoms with Gasteiger partial charge in [-0.2, -0.15) is 0 Å². The summed E-state index contributed by atoms with van der Waals surface area (Å²) in [4.78, 5) is 45.0. The van der Waals surface area contributed by atoms with Crippen molar-refractivity contribution in [1.29, 1.82) is 0 Å². The number of amides is 3. The van der Waals surface area contributed by atoms with Crippen LogP contribution in [-0.4, -0.2) is 60.7 Å². The van der Waals surface area contributed by atoms with Crippen molar-refractivity contribution >= 4 is 46.0 Å². The first-order valence-electron chi connectivity index (χ1n) is 10.2. The van der Waals surface area contributed by atoms with Gasteiger partial charge in [0, 0.05) is 55.1 Å². The van der Waals surface area contributed by atoms with Crippen molar-refractivity contribution in [2.45, 2.75) is 0 Å². The Morgan fingerprint density at radius 1 is 1.12 bits per heavy atom. The summed E-state index contributed by atoms with van der Waals surface area (Å²) in [6.07, 6.45) is 2.16. The van der Waals surface area contributed by atoms with E-state index in [0.29, 0.717) is 28.8 Å². The highest BCUT2D eigenvalue weighted by molar-refractivity contribution is 6.14. The summed E-state index contributed by atoms with van der Waals surface area (Å²) >= 11 is 0. The van der Waals surface area contributed by atoms with Crippen molar-refractivity contribution in [3.8, 4) is 0 Å². The molecule has 0 bridgehead atoms. The summed E-state index contributed by atoms with van der Waals surface area (Å²) in [6.45, 7) is 4.32. The Balaban J connectivity index is 1.76. The number of hydrogen-bond acceptors (Lipinski definition) is 3. The largest absolute Gasteiger partial charge is 0.354 e. The third kappa shape index (κ3) is 3.91. The number of halogens is 1. The smallest absolute Gasteiger partial charge is 0.323 e. The van der Waals surface area contributed by atoms with Gasteiger partial charge in [-0.1, -0.05) is 12.6 Å². The van der Waals surface area contributed by atoms with Gasteiger partial charge in [-0.25, -0.2) is 9.18 Å². The third-order valence-electron chi connectivity index (χ3n) is 5.62. The molecular weight excluding hydrogens is 423 g/mol. The summed E-state index contributed by atoms with van der Waals surface area (Å²) < 4.78 is 13.3. The summed E-state index contributed by atoms with van der Waals surface area (Å²) in [5, 5.41) is 0.827. The van der Waals surface area contributed by atoms with Crippen LogP contribution in [0.15, 0.2) is 55.2 Å². The summed E-state index contributed by atoms with van der Waals surface area (Å²) in [5.41, 5.74) is 3.96. The predicted octanol–water partition coefficient (Wildman–Crippen LogP) is 4.13. The van der Waals surface area contributed by atoms with Crippen LogP contribution in [0.2, 0.25) is 0 Å². The fraction of sp³-hybridized carbons (Fsp3) is 0.160. The SMILES string of the molecule is C=C1CN(C(=O)c2ccc(F)cc2)C=C(C=O)c2[nH]c3cc(N(C)C(=O)N(C)C)ccc3c21. The topological polar surface area (TPSA) is 76.7 Å². The van der Waals surface area contributed by atoms with Crippen molar-refractivity contribution in [1.82, 2.24) is 14.8 Å². The van der Waals surface area contributed by atoms with Crippen LogP contribution < -0.4 is 4.90 Å². The monoisotopic (exact) mass is 446 g/mol. The van der Waals surface area contributed by atoms with E-state index in [1.807, 2.05) is 18.2 Å². The van der Waals surface area contributed by atoms with Crippen LogP contribution in [0, 0.1) is 5.82 Å². The molecule has 7 nitrogen and oxygen atoms in total. The summed E-state index contributed by atoms with van der Waals surface area (Å²) in [6, 6.07) is 10.6. The molecular formula is C25H23FN4O3. The highest BCUT2D eigenvalue weighted by Crippen LogP contribution is 2.36. The number of rotatable bonds is 3. The molecule has 1 aromatic heterocycles. The molecule has 2 aromatic carbocycles. The molecule has 0 fully saturated rings. The number of H-pyrrole nitrogens is 1. The zero-order valence-electron chi connectivity index (χ0n) is 18.6. The Morgan fingerprint density at radius 2 is 1.82 bits per heavy atom. The Kier molecular flexibility index (Phi) is 5.59. The number of nitrogens with zero attached hydrogens (tertiary/aromatic N) is 3. The maximum atomic E-state index is 13.3. The lowest BCUT2D eigenvalue weighted by Crippen LogP contribution is -2.36. The number of benzene rings is 2. The van der Waals surface area contributed by atoms with Gasteiger partial charge in [-0.3, -0.25) is 14.5 Å². The average molecular weight is 446 g/mol. The second-order valence-electron chi connectivity index (χ2n) is 8.09. The lowest BCUT2D eigenvalue weighted by atomic mass is 10.0. The number of allylic oxidation sites excluding steroid dienone is 1. The zero-order chi connectivity index (χ0) is 23.9. The van der Waals surface area contributed by atoms with E-state index in [0.717, 1.165) is 16.5 Å². The normalized spacial score (nSPS) is 13.3. The van der Waals surface area contributed by atoms with Gasteiger partial charge in [-0.15, -0.1) is 0 Å². The number of aldehydes is 1. The fourth-order valence-corrected chi connectivity index (χ4v) is 3.93. The van der Waals surface area contributed by atoms with E-state index in [9.17, 15) is 18.8 Å². The molecule has 8 heteroatoms. The van der Waals surface area contributed by atoms with Gasteiger partial charge >= 0.3 is 6.03 Å². The summed E-state index contributed by atoms with van der Waals surface area (Å²) in [5.74, 6) is -0.800. The Hall–Kier alpha value is -4.20. The molecule has 4 rings (SSSR count). The fourth-order valence-electron chi connectivity index (χ4n) is 3.93. The number of carbonyl (C=O) groups excluding carboxylic acids is 3. The second-order valence-corrected chi connectivity index (χ2v) is 8.09. The van der Waals surface area contributed by atoms with Crippen LogP contribution in [0.3, 0.4) is 0 Å². The van der Waals surface area contributed by atoms with Crippen LogP contribution in [0.5, 0.6) is 0 Å². The molecule has 1 aliphatic rings. The molecule has 0 unspecified atom stereocenters. The van der Waals surface area contributed by atoms with E-state index >= 15 is 0 Å². The minimum absolute atomic E-state index is 0.161. The minimum atomic E-state index is -0.435. The molecule has 0 saturated carbocycles. The lowest BCUT2D eigenvalue weighted by molar-refractivity contribution is -0.103. The number of hydrogen-bond donors (Lipinski definition) is 1. The number of carbonyl (C=O) groups is 3. The van der Waals surface area contributed by atoms with Crippen molar-refractivity contribution in [2.75, 3.05) is 32.6 Å². The number of aromatic amines is 1. The van der Waals surface area contributed by atoms with Gasteiger partial charge in [0.25, 0.3) is 5.91 Å². The quantitative estimate of drug-likeness (QED) is 0.615. The van der Waals surface area contributed by atoms with Crippen LogP contribution in [0.1, 0.15) is 21.6 Å². The van der Waals surface area contributed by atoms with Gasteiger partial charge < -0.3 is 14.8 Å². The Labute approximate surface area is 190 Å². The molecule has 0 atom stereocenters. The van der Waals surface area contributed by atoms with Crippen LogP contribution >= 0.6 is 0 Å². The number of fused-ring (bicyclic) bond motifs is 3. The van der Waals surface area contributed by atoms with Crippen LogP contribution in [-0.2, 0) is 4.79 Å². The highest BCUT2D eigenvalue weighted by atomic mass is 19.1. The summed E-state index contributed by atoms with van der Waals surface area (Å²) in [7, 11) is 5.04. The standard InChI is InChI=1S/C25H23FN4O3/c1-15-12-30(24(32)16-5-7-18(26)8-6-16)13-17(14-31)23-22(15)20-10-9-19(11-21(20)27-23)29(4)25(33)28(2)3/h5-11,13-14,27H,1,12H2,2-4H3. The van der Waals surface area contributed by atoms with E-state index in [1.54, 1.807) is 21.1 Å². The number of nitrogens with one attached hydrogen (secondary N) is 1. The molecule has 3 amide bonds. The minimum Gasteiger partial charge on any atom is -0.354 e. The van der Waals surface area contributed by atoms with Crippen LogP contribution in [0.25, 0.3) is 22.0 Å². The van der Waals surface area contributed by atoms with Gasteiger partial charge in [0.2, 0.25) is 0 Å². The molecule has 168 valence electrons. The second kappa shape index (κ2) is 8.38. The molecule has 0 aliphatic carbocycles. The van der Waals surface area contributed by atoms with Crippen molar-refractivity contribution in [2.24, 2.45) is 0 Å². The van der Waals surface area contributed by atoms with Crippen LogP contribution in [0.4, 0.5) is 14.9 Å². The first-order chi connectivity index (χ1) is 15.7. The molecule has 1 N–H and O–H groups in total. The highest BCUT2D eigenvalue weighted by Gasteiger charge is 2.26. The zero-order valence-corrected chi connectivity index (χ0v) is 18.6. The maximum Gasteiger partial charge on any atom is 0.323 e. The Morgan fingerprint density at radius 3 is 2.45 bits per heavy atom. The lowest BCUT2D eigenvalue weighted by Gasteiger charge is -2.22. The number of anilines is 1. The van der Waals surface area contributed by atoms with E-state index in [-0.39, 0.29) is 24.1 Å². The van der Waals surface area contributed by atoms with Gasteiger partial charge in [-0.05, 0) is 42.0 Å². The molecule has 33 heavy (non-hydrogen) atoms. The van der Waals surface area contributed by atoms with E-state index in [2.05, 4.69) is 11.6 Å². The number of aromatic nitrogens is 1. The van der Waals surface area contributed by atoms with E-state index in [1.165, 1.54) is 45.2 Å². The maximum absolute atomic E-state index is 13.3. The van der Waals surface area contributed by atoms with Crippen molar-refractivity contribution in [3.05, 3.63) is 77.9 Å². The molecule has 0 saturated heterocycles. The first kappa shape index (κ1) is 22.0. The number of urea groups is 1. The molecule has 2 heterocycles. The van der Waals surface area contributed by atoms with Gasteiger partial charge in [0.1, 0.15) is 5.82 Å². The average Bonchev–Trinajstić information content (AvgIpc) is 3.12. The molecule has 0 radical (unpaired) electrons. The molecule has 1 aliphatic heterocycles. The van der Waals surface area contributed by atoms with E-state index < -0.39 is 5.82 Å². The Bertz CT molecular complexity index is 1320.